The topological polar surface area (TPSA) is 55.2 Å². The molecular weight excluding hydrogens is 216 g/mol. The highest BCUT2D eigenvalue weighted by molar-refractivity contribution is 5.39. The number of rotatable bonds is 7. The fourth-order valence-corrected chi connectivity index (χ4v) is 1.64. The molecule has 94 valence electrons. The molecule has 0 amide bonds. The van der Waals surface area contributed by atoms with Crippen LogP contribution in [-0.4, -0.2) is 18.0 Å². The first kappa shape index (κ1) is 13.6. The van der Waals surface area contributed by atoms with E-state index in [1.165, 1.54) is 0 Å². The SMILES string of the molecule is CC(C)CCNCCc1ccccc1[N+](=O)[O-]. The fraction of sp³-hybridized carbons (Fsp3) is 0.538. The molecule has 17 heavy (non-hydrogen) atoms. The number of hydrogen-bond donors (Lipinski definition) is 1. The number of benzene rings is 1. The van der Waals surface area contributed by atoms with Gasteiger partial charge in [-0.2, -0.15) is 0 Å². The summed E-state index contributed by atoms with van der Waals surface area (Å²) < 4.78 is 0. The molecule has 0 aliphatic carbocycles. The molecule has 0 radical (unpaired) electrons. The lowest BCUT2D eigenvalue weighted by atomic mass is 10.1. The van der Waals surface area contributed by atoms with Crippen LogP contribution in [0.2, 0.25) is 0 Å². The fourth-order valence-electron chi connectivity index (χ4n) is 1.64. The number of nitro groups is 1. The van der Waals surface area contributed by atoms with Crippen molar-refractivity contribution in [1.82, 2.24) is 5.32 Å². The van der Waals surface area contributed by atoms with E-state index in [4.69, 9.17) is 0 Å². The van der Waals surface area contributed by atoms with E-state index in [9.17, 15) is 10.1 Å². The first-order chi connectivity index (χ1) is 8.11. The largest absolute Gasteiger partial charge is 0.316 e. The second-order valence-corrected chi connectivity index (χ2v) is 4.57. The van der Waals surface area contributed by atoms with Gasteiger partial charge in [-0.1, -0.05) is 32.0 Å². The second kappa shape index (κ2) is 7.01. The van der Waals surface area contributed by atoms with Crippen LogP contribution in [0.15, 0.2) is 24.3 Å². The van der Waals surface area contributed by atoms with Gasteiger partial charge in [-0.3, -0.25) is 10.1 Å². The molecule has 0 atom stereocenters. The van der Waals surface area contributed by atoms with E-state index in [0.29, 0.717) is 12.3 Å². The summed E-state index contributed by atoms with van der Waals surface area (Å²) in [6.45, 7) is 6.13. The van der Waals surface area contributed by atoms with Crippen molar-refractivity contribution in [2.75, 3.05) is 13.1 Å². The van der Waals surface area contributed by atoms with Crippen molar-refractivity contribution >= 4 is 5.69 Å². The van der Waals surface area contributed by atoms with Gasteiger partial charge in [0.05, 0.1) is 4.92 Å². The summed E-state index contributed by atoms with van der Waals surface area (Å²) in [5.41, 5.74) is 1.02. The lowest BCUT2D eigenvalue weighted by molar-refractivity contribution is -0.385. The van der Waals surface area contributed by atoms with Gasteiger partial charge in [0.25, 0.3) is 5.69 Å². The molecule has 0 fully saturated rings. The Morgan fingerprint density at radius 3 is 2.65 bits per heavy atom. The molecule has 0 bridgehead atoms. The molecule has 0 spiro atoms. The van der Waals surface area contributed by atoms with E-state index in [1.54, 1.807) is 12.1 Å². The molecule has 0 aromatic heterocycles. The van der Waals surface area contributed by atoms with Gasteiger partial charge in [-0.05, 0) is 31.8 Å². The van der Waals surface area contributed by atoms with Crippen molar-refractivity contribution in [3.8, 4) is 0 Å². The summed E-state index contributed by atoms with van der Waals surface area (Å²) in [4.78, 5) is 10.5. The molecule has 1 rings (SSSR count). The van der Waals surface area contributed by atoms with Crippen molar-refractivity contribution in [2.24, 2.45) is 5.92 Å². The van der Waals surface area contributed by atoms with E-state index in [0.717, 1.165) is 25.1 Å². The Bertz CT molecular complexity index is 364. The maximum absolute atomic E-state index is 10.8. The normalized spacial score (nSPS) is 10.8. The van der Waals surface area contributed by atoms with E-state index in [1.807, 2.05) is 12.1 Å². The third-order valence-electron chi connectivity index (χ3n) is 2.66. The zero-order valence-electron chi connectivity index (χ0n) is 10.5. The van der Waals surface area contributed by atoms with Gasteiger partial charge in [-0.15, -0.1) is 0 Å². The first-order valence-corrected chi connectivity index (χ1v) is 6.04. The molecule has 4 nitrogen and oxygen atoms in total. The predicted molar refractivity (Wildman–Crippen MR) is 69.1 cm³/mol. The molecule has 4 heteroatoms. The zero-order chi connectivity index (χ0) is 12.7. The van der Waals surface area contributed by atoms with Crippen molar-refractivity contribution in [1.29, 1.82) is 0 Å². The van der Waals surface area contributed by atoms with E-state index in [-0.39, 0.29) is 10.6 Å². The van der Waals surface area contributed by atoms with Crippen LogP contribution < -0.4 is 5.32 Å². The summed E-state index contributed by atoms with van der Waals surface area (Å²) in [5.74, 6) is 0.688. The Hall–Kier alpha value is -1.42. The zero-order valence-corrected chi connectivity index (χ0v) is 10.5. The predicted octanol–water partition coefficient (Wildman–Crippen LogP) is 2.77. The molecule has 1 N–H and O–H groups in total. The van der Waals surface area contributed by atoms with Crippen LogP contribution in [0.4, 0.5) is 5.69 Å². The molecular formula is C13H20N2O2. The third kappa shape index (κ3) is 4.95. The molecule has 0 heterocycles. The number of nitrogens with one attached hydrogen (secondary N) is 1. The maximum atomic E-state index is 10.8. The highest BCUT2D eigenvalue weighted by Crippen LogP contribution is 2.17. The van der Waals surface area contributed by atoms with Crippen LogP contribution in [0.1, 0.15) is 25.8 Å². The minimum absolute atomic E-state index is 0.221. The van der Waals surface area contributed by atoms with Gasteiger partial charge in [0, 0.05) is 11.6 Å². The third-order valence-corrected chi connectivity index (χ3v) is 2.66. The minimum atomic E-state index is -0.316. The van der Waals surface area contributed by atoms with Crippen LogP contribution in [0.5, 0.6) is 0 Å². The van der Waals surface area contributed by atoms with Crippen LogP contribution in [0, 0.1) is 16.0 Å². The minimum Gasteiger partial charge on any atom is -0.316 e. The Morgan fingerprint density at radius 2 is 2.00 bits per heavy atom. The van der Waals surface area contributed by atoms with E-state index < -0.39 is 0 Å². The van der Waals surface area contributed by atoms with Gasteiger partial charge in [0.15, 0.2) is 0 Å². The average molecular weight is 236 g/mol. The lowest BCUT2D eigenvalue weighted by Crippen LogP contribution is -2.20. The van der Waals surface area contributed by atoms with Gasteiger partial charge in [-0.25, -0.2) is 0 Å². The number of para-hydroxylation sites is 1. The molecule has 1 aromatic carbocycles. The molecule has 0 unspecified atom stereocenters. The van der Waals surface area contributed by atoms with Gasteiger partial charge in [0.2, 0.25) is 0 Å². The van der Waals surface area contributed by atoms with Gasteiger partial charge >= 0.3 is 0 Å². The number of nitro benzene ring substituents is 1. The van der Waals surface area contributed by atoms with Crippen molar-refractivity contribution in [3.63, 3.8) is 0 Å². The smallest absolute Gasteiger partial charge is 0.272 e. The highest BCUT2D eigenvalue weighted by Gasteiger charge is 2.11. The highest BCUT2D eigenvalue weighted by atomic mass is 16.6. The maximum Gasteiger partial charge on any atom is 0.272 e. The van der Waals surface area contributed by atoms with Crippen LogP contribution in [0.3, 0.4) is 0 Å². The summed E-state index contributed by atoms with van der Waals surface area (Å²) >= 11 is 0. The second-order valence-electron chi connectivity index (χ2n) is 4.57. The molecule has 0 aliphatic heterocycles. The Balaban J connectivity index is 2.39. The van der Waals surface area contributed by atoms with Gasteiger partial charge in [0.1, 0.15) is 0 Å². The number of nitrogens with zero attached hydrogens (tertiary/aromatic N) is 1. The van der Waals surface area contributed by atoms with Crippen molar-refractivity contribution in [2.45, 2.75) is 26.7 Å². The first-order valence-electron chi connectivity index (χ1n) is 6.04. The molecule has 0 saturated carbocycles. The summed E-state index contributed by atoms with van der Waals surface area (Å²) in [6.07, 6.45) is 1.84. The monoisotopic (exact) mass is 236 g/mol. The lowest BCUT2D eigenvalue weighted by Gasteiger charge is -2.07. The van der Waals surface area contributed by atoms with Crippen molar-refractivity contribution in [3.05, 3.63) is 39.9 Å². The van der Waals surface area contributed by atoms with Crippen LogP contribution in [-0.2, 0) is 6.42 Å². The molecule has 0 aliphatic rings. The van der Waals surface area contributed by atoms with Crippen LogP contribution in [0.25, 0.3) is 0 Å². The van der Waals surface area contributed by atoms with Gasteiger partial charge < -0.3 is 5.32 Å². The molecule has 0 saturated heterocycles. The molecule has 1 aromatic rings. The average Bonchev–Trinajstić information content (AvgIpc) is 2.28. The number of hydrogen-bond acceptors (Lipinski definition) is 3. The Kier molecular flexibility index (Phi) is 5.63. The van der Waals surface area contributed by atoms with E-state index in [2.05, 4.69) is 19.2 Å². The summed E-state index contributed by atoms with van der Waals surface area (Å²) in [7, 11) is 0. The van der Waals surface area contributed by atoms with E-state index >= 15 is 0 Å². The summed E-state index contributed by atoms with van der Waals surface area (Å²) in [6, 6.07) is 6.93. The Morgan fingerprint density at radius 1 is 1.29 bits per heavy atom. The Labute approximate surface area is 102 Å². The summed E-state index contributed by atoms with van der Waals surface area (Å²) in [5, 5.41) is 14.1. The van der Waals surface area contributed by atoms with Crippen LogP contribution >= 0.6 is 0 Å². The quantitative estimate of drug-likeness (QED) is 0.450. The standard InChI is InChI=1S/C13H20N2O2/c1-11(2)7-9-14-10-8-12-5-3-4-6-13(12)15(16)17/h3-6,11,14H,7-10H2,1-2H3. The van der Waals surface area contributed by atoms with Crippen molar-refractivity contribution < 1.29 is 4.92 Å².